The standard InChI is InChI=1S/C18H29N5O2/c1-6-7-23-14(11-22-9-12(2)8-13(3)10-22)19-16-15(23)17(24)21(5)18(25)20(16)4/h12-13H,6-11H2,1-5H3/t12-,13+. The molecule has 0 bridgehead atoms. The second kappa shape index (κ2) is 6.78. The first-order chi connectivity index (χ1) is 11.8. The number of imidazole rings is 1. The summed E-state index contributed by atoms with van der Waals surface area (Å²) in [5.74, 6) is 2.23. The van der Waals surface area contributed by atoms with Gasteiger partial charge in [0, 0.05) is 33.7 Å². The quantitative estimate of drug-likeness (QED) is 0.837. The van der Waals surface area contributed by atoms with Crippen LogP contribution in [0.2, 0.25) is 0 Å². The maximum atomic E-state index is 12.7. The Morgan fingerprint density at radius 2 is 1.72 bits per heavy atom. The van der Waals surface area contributed by atoms with Crippen molar-refractivity contribution >= 4 is 11.2 Å². The molecular weight excluding hydrogens is 318 g/mol. The van der Waals surface area contributed by atoms with Crippen molar-refractivity contribution in [1.82, 2.24) is 23.6 Å². The Hall–Kier alpha value is -1.89. The molecule has 7 heteroatoms. The van der Waals surface area contributed by atoms with Crippen molar-refractivity contribution in [2.75, 3.05) is 13.1 Å². The Bertz CT molecular complexity index is 881. The molecule has 2 atom stereocenters. The van der Waals surface area contributed by atoms with Gasteiger partial charge in [0.2, 0.25) is 0 Å². The molecule has 1 aliphatic rings. The van der Waals surface area contributed by atoms with Gasteiger partial charge < -0.3 is 4.57 Å². The number of aryl methyl sites for hydroxylation is 2. The van der Waals surface area contributed by atoms with E-state index in [1.165, 1.54) is 22.6 Å². The lowest BCUT2D eigenvalue weighted by atomic mass is 9.92. The van der Waals surface area contributed by atoms with Gasteiger partial charge in [-0.3, -0.25) is 18.8 Å². The number of piperidine rings is 1. The van der Waals surface area contributed by atoms with Gasteiger partial charge in [-0.15, -0.1) is 0 Å². The number of hydrogen-bond acceptors (Lipinski definition) is 4. The maximum Gasteiger partial charge on any atom is 0.332 e. The van der Waals surface area contributed by atoms with Gasteiger partial charge in [-0.1, -0.05) is 20.8 Å². The topological polar surface area (TPSA) is 65.1 Å². The zero-order chi connectivity index (χ0) is 18.3. The summed E-state index contributed by atoms with van der Waals surface area (Å²) in [6.45, 7) is 10.2. The van der Waals surface area contributed by atoms with Gasteiger partial charge in [0.05, 0.1) is 6.54 Å². The highest BCUT2D eigenvalue weighted by Gasteiger charge is 2.25. The highest BCUT2D eigenvalue weighted by Crippen LogP contribution is 2.23. The first kappa shape index (κ1) is 17.9. The molecule has 0 amide bonds. The largest absolute Gasteiger partial charge is 0.332 e. The molecule has 0 spiro atoms. The van der Waals surface area contributed by atoms with Crippen LogP contribution in [0, 0.1) is 11.8 Å². The van der Waals surface area contributed by atoms with Crippen LogP contribution < -0.4 is 11.2 Å². The molecule has 2 aromatic rings. The second-order valence-electron chi connectivity index (χ2n) is 7.70. The first-order valence-electron chi connectivity index (χ1n) is 9.20. The number of rotatable bonds is 4. The molecule has 2 aromatic heterocycles. The van der Waals surface area contributed by atoms with Crippen LogP contribution in [0.15, 0.2) is 9.59 Å². The molecule has 3 heterocycles. The summed E-state index contributed by atoms with van der Waals surface area (Å²) in [5.41, 5.74) is 0.449. The molecule has 1 fully saturated rings. The second-order valence-corrected chi connectivity index (χ2v) is 7.70. The Balaban J connectivity index is 2.10. The molecule has 0 unspecified atom stereocenters. The van der Waals surface area contributed by atoms with E-state index in [0.717, 1.165) is 38.4 Å². The fourth-order valence-corrected chi connectivity index (χ4v) is 4.20. The summed E-state index contributed by atoms with van der Waals surface area (Å²) < 4.78 is 4.67. The fraction of sp³-hybridized carbons (Fsp3) is 0.722. The lowest BCUT2D eigenvalue weighted by molar-refractivity contribution is 0.130. The zero-order valence-corrected chi connectivity index (χ0v) is 15.9. The minimum atomic E-state index is -0.328. The van der Waals surface area contributed by atoms with Gasteiger partial charge in [0.15, 0.2) is 11.2 Å². The van der Waals surface area contributed by atoms with E-state index in [9.17, 15) is 9.59 Å². The first-order valence-corrected chi connectivity index (χ1v) is 9.20. The Morgan fingerprint density at radius 3 is 2.32 bits per heavy atom. The third kappa shape index (κ3) is 3.17. The van der Waals surface area contributed by atoms with Crippen LogP contribution in [0.5, 0.6) is 0 Å². The summed E-state index contributed by atoms with van der Waals surface area (Å²) in [4.78, 5) is 32.0. The van der Waals surface area contributed by atoms with Crippen molar-refractivity contribution in [3.05, 3.63) is 26.7 Å². The van der Waals surface area contributed by atoms with E-state index < -0.39 is 0 Å². The van der Waals surface area contributed by atoms with Crippen LogP contribution in [-0.4, -0.2) is 36.7 Å². The molecule has 7 nitrogen and oxygen atoms in total. The summed E-state index contributed by atoms with van der Waals surface area (Å²) in [5, 5.41) is 0. The van der Waals surface area contributed by atoms with Gasteiger partial charge in [-0.25, -0.2) is 9.78 Å². The molecule has 138 valence electrons. The van der Waals surface area contributed by atoms with Crippen molar-refractivity contribution in [3.8, 4) is 0 Å². The van der Waals surface area contributed by atoms with Crippen molar-refractivity contribution in [3.63, 3.8) is 0 Å². The number of nitrogens with zero attached hydrogens (tertiary/aromatic N) is 5. The van der Waals surface area contributed by atoms with Gasteiger partial charge in [-0.2, -0.15) is 0 Å². The van der Waals surface area contributed by atoms with Crippen molar-refractivity contribution in [1.29, 1.82) is 0 Å². The SMILES string of the molecule is CCCn1c(CN2C[C@H](C)C[C@H](C)C2)nc2c1c(=O)n(C)c(=O)n2C. The molecule has 0 radical (unpaired) electrons. The smallest absolute Gasteiger partial charge is 0.321 e. The van der Waals surface area contributed by atoms with E-state index >= 15 is 0 Å². The highest BCUT2D eigenvalue weighted by atomic mass is 16.2. The Labute approximate surface area is 147 Å². The van der Waals surface area contributed by atoms with Crippen molar-refractivity contribution < 1.29 is 0 Å². The summed E-state index contributed by atoms with van der Waals surface area (Å²) in [6.07, 6.45) is 2.17. The Morgan fingerprint density at radius 1 is 1.08 bits per heavy atom. The molecule has 0 saturated carbocycles. The predicted octanol–water partition coefficient (Wildman–Crippen LogP) is 1.32. The lowest BCUT2D eigenvalue weighted by Gasteiger charge is -2.34. The zero-order valence-electron chi connectivity index (χ0n) is 15.9. The van der Waals surface area contributed by atoms with E-state index in [1.54, 1.807) is 7.05 Å². The van der Waals surface area contributed by atoms with Crippen LogP contribution in [0.3, 0.4) is 0 Å². The van der Waals surface area contributed by atoms with E-state index in [1.807, 2.05) is 4.57 Å². The Kier molecular flexibility index (Phi) is 4.86. The van der Waals surface area contributed by atoms with Crippen LogP contribution >= 0.6 is 0 Å². The molecule has 1 aliphatic heterocycles. The van der Waals surface area contributed by atoms with Crippen LogP contribution in [0.4, 0.5) is 0 Å². The van der Waals surface area contributed by atoms with Crippen molar-refractivity contribution in [2.24, 2.45) is 25.9 Å². The monoisotopic (exact) mass is 347 g/mol. The molecule has 0 aliphatic carbocycles. The summed E-state index contributed by atoms with van der Waals surface area (Å²) >= 11 is 0. The van der Waals surface area contributed by atoms with E-state index in [2.05, 4.69) is 25.7 Å². The number of aromatic nitrogens is 4. The molecule has 0 aromatic carbocycles. The van der Waals surface area contributed by atoms with Gasteiger partial charge in [0.1, 0.15) is 5.82 Å². The third-order valence-electron chi connectivity index (χ3n) is 5.18. The predicted molar refractivity (Wildman–Crippen MR) is 98.7 cm³/mol. The number of hydrogen-bond donors (Lipinski definition) is 0. The summed E-state index contributed by atoms with van der Waals surface area (Å²) in [7, 11) is 3.21. The minimum Gasteiger partial charge on any atom is -0.321 e. The van der Waals surface area contributed by atoms with E-state index in [0.29, 0.717) is 23.0 Å². The average Bonchev–Trinajstić information content (AvgIpc) is 2.89. The van der Waals surface area contributed by atoms with Gasteiger partial charge in [-0.05, 0) is 24.7 Å². The molecule has 1 saturated heterocycles. The van der Waals surface area contributed by atoms with Gasteiger partial charge in [0.25, 0.3) is 5.56 Å². The third-order valence-corrected chi connectivity index (χ3v) is 5.18. The van der Waals surface area contributed by atoms with Crippen LogP contribution in [0.25, 0.3) is 11.2 Å². The number of likely N-dealkylation sites (tertiary alicyclic amines) is 1. The lowest BCUT2D eigenvalue weighted by Crippen LogP contribution is -2.39. The van der Waals surface area contributed by atoms with Gasteiger partial charge >= 0.3 is 5.69 Å². The fourth-order valence-electron chi connectivity index (χ4n) is 4.20. The highest BCUT2D eigenvalue weighted by molar-refractivity contribution is 5.71. The number of fused-ring (bicyclic) bond motifs is 1. The van der Waals surface area contributed by atoms with Crippen molar-refractivity contribution in [2.45, 2.75) is 46.7 Å². The maximum absolute atomic E-state index is 12.7. The van der Waals surface area contributed by atoms with E-state index in [4.69, 9.17) is 4.98 Å². The normalized spacial score (nSPS) is 22.0. The molecule has 3 rings (SSSR count). The van der Waals surface area contributed by atoms with Crippen LogP contribution in [0.1, 0.15) is 39.4 Å². The average molecular weight is 347 g/mol. The summed E-state index contributed by atoms with van der Waals surface area (Å²) in [6, 6.07) is 0. The molecule has 0 N–H and O–H groups in total. The minimum absolute atomic E-state index is 0.259. The van der Waals surface area contributed by atoms with Crippen LogP contribution in [-0.2, 0) is 27.2 Å². The molecule has 25 heavy (non-hydrogen) atoms. The van der Waals surface area contributed by atoms with E-state index in [-0.39, 0.29) is 11.2 Å². The molecular formula is C18H29N5O2.